The number of halogens is 1. The van der Waals surface area contributed by atoms with E-state index >= 15 is 0 Å². The van der Waals surface area contributed by atoms with E-state index in [0.717, 1.165) is 11.3 Å². The Morgan fingerprint density at radius 2 is 1.47 bits per heavy atom. The van der Waals surface area contributed by atoms with Gasteiger partial charge in [-0.15, -0.1) is 0 Å². The first-order valence-electron chi connectivity index (χ1n) is 5.38. The molecule has 0 aromatic heterocycles. The molecule has 1 atom stereocenters. The van der Waals surface area contributed by atoms with Crippen LogP contribution in [0.3, 0.4) is 0 Å². The molecular formula is C13H17FNO3P. The number of nitrogens with two attached hydrogens (primary N) is 1. The van der Waals surface area contributed by atoms with Crippen molar-refractivity contribution < 1.29 is 18.7 Å². The van der Waals surface area contributed by atoms with Gasteiger partial charge in [-0.1, -0.05) is 48.5 Å². The fourth-order valence-electron chi connectivity index (χ4n) is 1.17. The van der Waals surface area contributed by atoms with Gasteiger partial charge in [0, 0.05) is 5.69 Å². The smallest absolute Gasteiger partial charge is 0.316 e. The summed E-state index contributed by atoms with van der Waals surface area (Å²) in [5, 5.41) is 0. The van der Waals surface area contributed by atoms with Gasteiger partial charge in [0.15, 0.2) is 0 Å². The molecule has 0 saturated heterocycles. The zero-order chi connectivity index (χ0) is 13.2. The zero-order valence-corrected chi connectivity index (χ0v) is 11.2. The average Bonchev–Trinajstić information content (AvgIpc) is 2.39. The van der Waals surface area contributed by atoms with Crippen molar-refractivity contribution in [2.45, 2.75) is 6.61 Å². The lowest BCUT2D eigenvalue weighted by molar-refractivity contribution is 0.272. The monoisotopic (exact) mass is 285 g/mol. The fraction of sp³-hybridized carbons (Fsp3) is 0.0769. The highest BCUT2D eigenvalue weighted by atomic mass is 31.1. The normalized spacial score (nSPS) is 10.6. The zero-order valence-electron chi connectivity index (χ0n) is 10.2. The standard InChI is InChI=1S/C7H9O3P.C6H7N.FH/c8-11(9)10-6-7-4-2-1-3-5-7;7-6-4-2-1-3-5-6;/h1-5,11H,6H2,(H,8,9);1-5H,7H2;1H. The van der Waals surface area contributed by atoms with Gasteiger partial charge in [0.05, 0.1) is 6.61 Å². The summed E-state index contributed by atoms with van der Waals surface area (Å²) in [6, 6.07) is 18.8. The van der Waals surface area contributed by atoms with E-state index in [-0.39, 0.29) is 11.3 Å². The van der Waals surface area contributed by atoms with E-state index in [1.807, 2.05) is 60.7 Å². The Morgan fingerprint density at radius 3 is 1.84 bits per heavy atom. The van der Waals surface area contributed by atoms with Gasteiger partial charge in [-0.2, -0.15) is 0 Å². The van der Waals surface area contributed by atoms with Crippen molar-refractivity contribution in [1.82, 2.24) is 0 Å². The van der Waals surface area contributed by atoms with E-state index in [4.69, 9.17) is 10.6 Å². The Labute approximate surface area is 112 Å². The third-order valence-corrected chi connectivity index (χ3v) is 2.40. The van der Waals surface area contributed by atoms with Crippen molar-refractivity contribution >= 4 is 13.9 Å². The number of para-hydroxylation sites is 1. The highest BCUT2D eigenvalue weighted by molar-refractivity contribution is 7.32. The summed E-state index contributed by atoms with van der Waals surface area (Å²) in [4.78, 5) is 8.34. The van der Waals surface area contributed by atoms with E-state index in [9.17, 15) is 4.57 Å². The molecule has 0 aliphatic rings. The van der Waals surface area contributed by atoms with Gasteiger partial charge >= 0.3 is 8.25 Å². The van der Waals surface area contributed by atoms with Crippen LogP contribution in [0.2, 0.25) is 0 Å². The molecule has 2 rings (SSSR count). The molecule has 0 fully saturated rings. The molecule has 1 unspecified atom stereocenters. The van der Waals surface area contributed by atoms with Crippen molar-refractivity contribution in [2.24, 2.45) is 0 Å². The third-order valence-electron chi connectivity index (χ3n) is 2.00. The maximum atomic E-state index is 10.1. The van der Waals surface area contributed by atoms with Crippen LogP contribution in [0.1, 0.15) is 5.56 Å². The maximum Gasteiger partial charge on any atom is 0.316 e. The predicted octanol–water partition coefficient (Wildman–Crippen LogP) is 3.01. The van der Waals surface area contributed by atoms with Crippen LogP contribution in [0.25, 0.3) is 0 Å². The summed E-state index contributed by atoms with van der Waals surface area (Å²) in [5.74, 6) is 0. The molecule has 0 heterocycles. The number of rotatable bonds is 3. The number of benzene rings is 2. The SMILES string of the molecule is F.Nc1ccccc1.O=[PH](O)OCc1ccccc1. The number of hydrogen-bond donors (Lipinski definition) is 2. The van der Waals surface area contributed by atoms with E-state index in [0.29, 0.717) is 0 Å². The van der Waals surface area contributed by atoms with Crippen LogP contribution >= 0.6 is 8.25 Å². The lowest BCUT2D eigenvalue weighted by Gasteiger charge is -1.98. The minimum absolute atomic E-state index is 0. The number of nitrogen functional groups attached to an aromatic ring is 1. The van der Waals surface area contributed by atoms with Crippen LogP contribution in [0.4, 0.5) is 10.4 Å². The Hall–Kier alpha value is -1.68. The molecule has 0 spiro atoms. The Bertz CT molecular complexity index is 468. The Balaban J connectivity index is 0.000000352. The largest absolute Gasteiger partial charge is 0.399 e. The summed E-state index contributed by atoms with van der Waals surface area (Å²) in [7, 11) is -2.78. The van der Waals surface area contributed by atoms with Crippen molar-refractivity contribution in [3.8, 4) is 0 Å². The summed E-state index contributed by atoms with van der Waals surface area (Å²) >= 11 is 0. The van der Waals surface area contributed by atoms with Crippen LogP contribution in [0, 0.1) is 0 Å². The summed E-state index contributed by atoms with van der Waals surface area (Å²) < 4.78 is 14.7. The molecule has 4 nitrogen and oxygen atoms in total. The van der Waals surface area contributed by atoms with E-state index < -0.39 is 8.25 Å². The molecule has 0 radical (unpaired) electrons. The average molecular weight is 285 g/mol. The van der Waals surface area contributed by atoms with Gasteiger partial charge in [-0.25, -0.2) is 0 Å². The van der Waals surface area contributed by atoms with Crippen molar-refractivity contribution in [3.05, 3.63) is 66.2 Å². The summed E-state index contributed by atoms with van der Waals surface area (Å²) in [6.07, 6.45) is 0. The molecule has 0 bridgehead atoms. The molecule has 104 valence electrons. The number of anilines is 1. The quantitative estimate of drug-likeness (QED) is 0.671. The van der Waals surface area contributed by atoms with E-state index in [1.54, 1.807) is 0 Å². The second kappa shape index (κ2) is 10.3. The first-order valence-corrected chi connectivity index (χ1v) is 6.65. The molecule has 2 aromatic carbocycles. The highest BCUT2D eigenvalue weighted by Crippen LogP contribution is 2.17. The van der Waals surface area contributed by atoms with Gasteiger partial charge in [0.1, 0.15) is 0 Å². The van der Waals surface area contributed by atoms with Crippen molar-refractivity contribution in [1.29, 1.82) is 0 Å². The molecule has 0 amide bonds. The van der Waals surface area contributed by atoms with Gasteiger partial charge in [-0.05, 0) is 17.7 Å². The fourth-order valence-corrected chi connectivity index (χ4v) is 1.46. The third kappa shape index (κ3) is 8.97. The second-order valence-electron chi connectivity index (χ2n) is 3.45. The van der Waals surface area contributed by atoms with E-state index in [1.165, 1.54) is 0 Å². The van der Waals surface area contributed by atoms with Crippen LogP contribution in [0.15, 0.2) is 60.7 Å². The van der Waals surface area contributed by atoms with Crippen LogP contribution in [0.5, 0.6) is 0 Å². The van der Waals surface area contributed by atoms with Gasteiger partial charge in [0.25, 0.3) is 0 Å². The first-order chi connectivity index (χ1) is 8.68. The molecule has 0 saturated carbocycles. The molecule has 19 heavy (non-hydrogen) atoms. The highest BCUT2D eigenvalue weighted by Gasteiger charge is 1.93. The Morgan fingerprint density at radius 1 is 1.00 bits per heavy atom. The maximum absolute atomic E-state index is 10.1. The van der Waals surface area contributed by atoms with Gasteiger partial charge in [0.2, 0.25) is 0 Å². The molecular weight excluding hydrogens is 268 g/mol. The number of hydrogen-bond acceptors (Lipinski definition) is 3. The Kier molecular flexibility index (Phi) is 9.35. The van der Waals surface area contributed by atoms with Crippen LogP contribution in [-0.2, 0) is 15.7 Å². The molecule has 3 N–H and O–H groups in total. The van der Waals surface area contributed by atoms with Crippen LogP contribution < -0.4 is 5.73 Å². The minimum Gasteiger partial charge on any atom is -0.399 e. The second-order valence-corrected chi connectivity index (χ2v) is 4.27. The van der Waals surface area contributed by atoms with Gasteiger partial charge < -0.3 is 15.2 Å². The summed E-state index contributed by atoms with van der Waals surface area (Å²) in [5.41, 5.74) is 7.08. The predicted molar refractivity (Wildman–Crippen MR) is 75.8 cm³/mol. The topological polar surface area (TPSA) is 72.6 Å². The lowest BCUT2D eigenvalue weighted by atomic mass is 10.2. The minimum atomic E-state index is -2.78. The summed E-state index contributed by atoms with van der Waals surface area (Å²) in [6.45, 7) is 0.204. The van der Waals surface area contributed by atoms with Crippen LogP contribution in [-0.4, -0.2) is 4.89 Å². The lowest BCUT2D eigenvalue weighted by Crippen LogP contribution is -1.83. The van der Waals surface area contributed by atoms with Crippen molar-refractivity contribution in [3.63, 3.8) is 0 Å². The molecule has 0 aliphatic heterocycles. The molecule has 0 aliphatic carbocycles. The molecule has 2 aromatic rings. The first kappa shape index (κ1) is 17.3. The van der Waals surface area contributed by atoms with E-state index in [2.05, 4.69) is 4.52 Å². The molecule has 6 heteroatoms. The van der Waals surface area contributed by atoms with Crippen molar-refractivity contribution in [2.75, 3.05) is 5.73 Å². The van der Waals surface area contributed by atoms with Gasteiger partial charge in [-0.3, -0.25) is 9.27 Å².